The molecule has 1 aromatic heterocycles. The van der Waals surface area contributed by atoms with Crippen LogP contribution < -0.4 is 10.5 Å². The molecule has 1 unspecified atom stereocenters. The van der Waals surface area contributed by atoms with E-state index in [1.54, 1.807) is 31.3 Å². The Kier molecular flexibility index (Phi) is 3.76. The molecule has 2 N–H and O–H groups in total. The van der Waals surface area contributed by atoms with E-state index in [-0.39, 0.29) is 11.9 Å². The Morgan fingerprint density at radius 1 is 1.56 bits per heavy atom. The number of nitrogens with two attached hydrogens (primary N) is 1. The molecule has 6 nitrogen and oxygen atoms in total. The molecule has 1 heterocycles. The quantitative estimate of drug-likeness (QED) is 0.814. The van der Waals surface area contributed by atoms with Gasteiger partial charge in [-0.05, 0) is 19.8 Å². The van der Waals surface area contributed by atoms with Gasteiger partial charge in [0.05, 0.1) is 19.7 Å². The van der Waals surface area contributed by atoms with E-state index in [2.05, 4.69) is 9.97 Å². The molecule has 0 aliphatic heterocycles. The number of hydrogen-bond acceptors (Lipinski definition) is 5. The number of methoxy groups -OCH3 is 1. The maximum atomic E-state index is 12.0. The minimum Gasteiger partial charge on any atom is -0.480 e. The van der Waals surface area contributed by atoms with Gasteiger partial charge in [0.15, 0.2) is 0 Å². The molecule has 2 rings (SSSR count). The van der Waals surface area contributed by atoms with Gasteiger partial charge in [-0.15, -0.1) is 0 Å². The Balaban J connectivity index is 2.16. The van der Waals surface area contributed by atoms with Crippen molar-refractivity contribution in [3.63, 3.8) is 0 Å². The molecule has 0 aromatic carbocycles. The Labute approximate surface area is 106 Å². The van der Waals surface area contributed by atoms with Crippen LogP contribution in [0.2, 0.25) is 0 Å². The molecule has 1 fully saturated rings. The van der Waals surface area contributed by atoms with E-state index >= 15 is 0 Å². The summed E-state index contributed by atoms with van der Waals surface area (Å²) in [5.74, 6) is 0.408. The lowest BCUT2D eigenvalue weighted by atomic mass is 10.2. The maximum absolute atomic E-state index is 12.0. The van der Waals surface area contributed by atoms with Gasteiger partial charge in [-0.2, -0.15) is 0 Å². The molecule has 1 aliphatic rings. The van der Waals surface area contributed by atoms with Crippen LogP contribution in [0.25, 0.3) is 0 Å². The van der Waals surface area contributed by atoms with Crippen molar-refractivity contribution in [3.8, 4) is 5.88 Å². The van der Waals surface area contributed by atoms with E-state index in [0.29, 0.717) is 18.1 Å². The molecular weight excluding hydrogens is 232 g/mol. The van der Waals surface area contributed by atoms with Gasteiger partial charge in [-0.3, -0.25) is 9.78 Å². The van der Waals surface area contributed by atoms with Crippen LogP contribution in [0, 0.1) is 0 Å². The van der Waals surface area contributed by atoms with Gasteiger partial charge in [0, 0.05) is 18.4 Å². The Bertz CT molecular complexity index is 432. The lowest BCUT2D eigenvalue weighted by molar-refractivity contribution is -0.133. The molecular formula is C12H18N4O2. The second-order valence-electron chi connectivity index (χ2n) is 4.50. The smallest absolute Gasteiger partial charge is 0.239 e. The topological polar surface area (TPSA) is 81.3 Å². The van der Waals surface area contributed by atoms with E-state index in [0.717, 1.165) is 12.8 Å². The van der Waals surface area contributed by atoms with Crippen molar-refractivity contribution >= 4 is 5.91 Å². The van der Waals surface area contributed by atoms with Crippen molar-refractivity contribution in [2.45, 2.75) is 38.4 Å². The molecule has 1 saturated carbocycles. The molecule has 0 radical (unpaired) electrons. The molecule has 0 bridgehead atoms. The number of aromatic nitrogens is 2. The van der Waals surface area contributed by atoms with Gasteiger partial charge < -0.3 is 15.4 Å². The maximum Gasteiger partial charge on any atom is 0.239 e. The fraction of sp³-hybridized carbons (Fsp3) is 0.583. The van der Waals surface area contributed by atoms with Gasteiger partial charge in [0.2, 0.25) is 11.8 Å². The lowest BCUT2D eigenvalue weighted by Gasteiger charge is -2.24. The second-order valence-corrected chi connectivity index (χ2v) is 4.50. The number of nitrogens with zero attached hydrogens (tertiary/aromatic N) is 3. The monoisotopic (exact) mass is 250 g/mol. The Morgan fingerprint density at radius 3 is 2.78 bits per heavy atom. The summed E-state index contributed by atoms with van der Waals surface area (Å²) in [6, 6.07) is -0.205. The van der Waals surface area contributed by atoms with Crippen molar-refractivity contribution < 1.29 is 9.53 Å². The molecule has 1 aliphatic carbocycles. The number of carbonyl (C=O) groups excluding carboxylic acids is 1. The van der Waals surface area contributed by atoms with Gasteiger partial charge in [0.1, 0.15) is 5.69 Å². The summed E-state index contributed by atoms with van der Waals surface area (Å²) >= 11 is 0. The number of ether oxygens (including phenoxy) is 1. The zero-order valence-corrected chi connectivity index (χ0v) is 10.7. The van der Waals surface area contributed by atoms with Crippen molar-refractivity contribution in [1.29, 1.82) is 0 Å². The Hall–Kier alpha value is -1.69. The Morgan fingerprint density at radius 2 is 2.22 bits per heavy atom. The molecule has 1 atom stereocenters. The first-order chi connectivity index (χ1) is 8.63. The second kappa shape index (κ2) is 5.30. The third kappa shape index (κ3) is 2.76. The van der Waals surface area contributed by atoms with Crippen molar-refractivity contribution in [2.24, 2.45) is 5.73 Å². The van der Waals surface area contributed by atoms with Crippen molar-refractivity contribution in [2.75, 3.05) is 7.11 Å². The third-order valence-corrected chi connectivity index (χ3v) is 2.91. The van der Waals surface area contributed by atoms with Gasteiger partial charge in [-0.25, -0.2) is 4.98 Å². The average molecular weight is 250 g/mol. The highest BCUT2D eigenvalue weighted by molar-refractivity contribution is 5.81. The highest BCUT2D eigenvalue weighted by atomic mass is 16.5. The molecule has 18 heavy (non-hydrogen) atoms. The number of rotatable bonds is 5. The van der Waals surface area contributed by atoms with E-state index < -0.39 is 6.04 Å². The van der Waals surface area contributed by atoms with Gasteiger partial charge in [0.25, 0.3) is 0 Å². The normalized spacial score (nSPS) is 16.2. The summed E-state index contributed by atoms with van der Waals surface area (Å²) in [6.45, 7) is 2.10. The number of amides is 1. The fourth-order valence-corrected chi connectivity index (χ4v) is 1.83. The molecule has 6 heteroatoms. The average Bonchev–Trinajstić information content (AvgIpc) is 3.19. The third-order valence-electron chi connectivity index (χ3n) is 2.91. The van der Waals surface area contributed by atoms with Gasteiger partial charge in [-0.1, -0.05) is 0 Å². The zero-order chi connectivity index (χ0) is 13.1. The van der Waals surface area contributed by atoms with Crippen molar-refractivity contribution in [3.05, 3.63) is 18.1 Å². The summed E-state index contributed by atoms with van der Waals surface area (Å²) in [4.78, 5) is 22.1. The van der Waals surface area contributed by atoms with Crippen LogP contribution in [0.3, 0.4) is 0 Å². The molecule has 1 amide bonds. The summed E-state index contributed by atoms with van der Waals surface area (Å²) in [7, 11) is 1.54. The van der Waals surface area contributed by atoms with Crippen LogP contribution in [0.5, 0.6) is 5.88 Å². The summed E-state index contributed by atoms with van der Waals surface area (Å²) in [5.41, 5.74) is 6.34. The van der Waals surface area contributed by atoms with E-state index in [9.17, 15) is 4.79 Å². The van der Waals surface area contributed by atoms with Gasteiger partial charge >= 0.3 is 0 Å². The largest absolute Gasteiger partial charge is 0.480 e. The summed E-state index contributed by atoms with van der Waals surface area (Å²) < 4.78 is 5.14. The summed E-state index contributed by atoms with van der Waals surface area (Å²) in [5, 5.41) is 0. The lowest BCUT2D eigenvalue weighted by Crippen LogP contribution is -2.43. The van der Waals surface area contributed by atoms with Crippen LogP contribution in [0.15, 0.2) is 12.4 Å². The predicted molar refractivity (Wildman–Crippen MR) is 65.8 cm³/mol. The summed E-state index contributed by atoms with van der Waals surface area (Å²) in [6.07, 6.45) is 5.22. The molecule has 98 valence electrons. The first kappa shape index (κ1) is 12.8. The number of carbonyl (C=O) groups is 1. The van der Waals surface area contributed by atoms with Crippen LogP contribution in [-0.4, -0.2) is 40.0 Å². The van der Waals surface area contributed by atoms with Crippen molar-refractivity contribution in [1.82, 2.24) is 14.9 Å². The first-order valence-electron chi connectivity index (χ1n) is 6.03. The highest BCUT2D eigenvalue weighted by Crippen LogP contribution is 2.29. The highest BCUT2D eigenvalue weighted by Gasteiger charge is 2.34. The van der Waals surface area contributed by atoms with E-state index in [1.807, 2.05) is 0 Å². The first-order valence-corrected chi connectivity index (χ1v) is 6.03. The SMILES string of the molecule is COc1nccnc1CN(C(=O)C(C)N)C1CC1. The van der Waals surface area contributed by atoms with Crippen LogP contribution in [0.4, 0.5) is 0 Å². The predicted octanol–water partition coefficient (Wildman–Crippen LogP) is 0.323. The minimum absolute atomic E-state index is 0.0507. The van der Waals surface area contributed by atoms with Crippen LogP contribution >= 0.6 is 0 Å². The van der Waals surface area contributed by atoms with E-state index in [1.165, 1.54) is 0 Å². The fourth-order valence-electron chi connectivity index (χ4n) is 1.83. The molecule has 1 aromatic rings. The molecule has 0 spiro atoms. The van der Waals surface area contributed by atoms with E-state index in [4.69, 9.17) is 10.5 Å². The standard InChI is InChI=1S/C12H18N4O2/c1-8(13)12(17)16(9-3-4-9)7-10-11(18-2)15-6-5-14-10/h5-6,8-9H,3-4,7,13H2,1-2H3. The number of hydrogen-bond donors (Lipinski definition) is 1. The van der Waals surface area contributed by atoms with Crippen LogP contribution in [0.1, 0.15) is 25.5 Å². The van der Waals surface area contributed by atoms with Crippen LogP contribution in [-0.2, 0) is 11.3 Å². The zero-order valence-electron chi connectivity index (χ0n) is 10.7. The minimum atomic E-state index is -0.492. The molecule has 0 saturated heterocycles.